The van der Waals surface area contributed by atoms with Gasteiger partial charge in [0.05, 0.1) is 12.1 Å². The van der Waals surface area contributed by atoms with Gasteiger partial charge in [-0.25, -0.2) is 4.68 Å². The van der Waals surface area contributed by atoms with E-state index in [2.05, 4.69) is 20.7 Å². The Hall–Kier alpha value is -3.10. The third-order valence-corrected chi connectivity index (χ3v) is 5.77. The third-order valence-electron chi connectivity index (χ3n) is 5.26. The second-order valence-electron chi connectivity index (χ2n) is 7.55. The maximum Gasteiger partial charge on any atom is 0.303 e. The van der Waals surface area contributed by atoms with Crippen LogP contribution in [0.1, 0.15) is 48.9 Å². The van der Waals surface area contributed by atoms with Crippen molar-refractivity contribution in [2.75, 3.05) is 10.6 Å². The van der Waals surface area contributed by atoms with Gasteiger partial charge in [0.2, 0.25) is 11.9 Å². The standard InChI is InChI=1S/C22H21Cl2N5O3/c23-15-8-4-13(5-9-15)17-12-18(14-6-10-16(24)11-7-14)29-22(25-17)27-21(28-29)26-19(30)2-1-3-20(31)32/h4-11,17-18H,1-3,12H2,(H,31,32)(H2,25,26,27,28,30). The number of carbonyl (C=O) groups excluding carboxylic acids is 1. The lowest BCUT2D eigenvalue weighted by Crippen LogP contribution is -2.28. The number of nitrogens with zero attached hydrogens (tertiary/aromatic N) is 3. The molecular formula is C22H21Cl2N5O3. The summed E-state index contributed by atoms with van der Waals surface area (Å²) in [5.74, 6) is -0.566. The summed E-state index contributed by atoms with van der Waals surface area (Å²) in [7, 11) is 0. The van der Waals surface area contributed by atoms with E-state index >= 15 is 0 Å². The Labute approximate surface area is 194 Å². The summed E-state index contributed by atoms with van der Waals surface area (Å²) in [6.07, 6.45) is 0.964. The lowest BCUT2D eigenvalue weighted by atomic mass is 9.93. The topological polar surface area (TPSA) is 109 Å². The molecule has 166 valence electrons. The normalized spacial score (nSPS) is 17.3. The van der Waals surface area contributed by atoms with Crippen LogP contribution in [0.4, 0.5) is 11.9 Å². The van der Waals surface area contributed by atoms with Crippen molar-refractivity contribution in [2.24, 2.45) is 0 Å². The van der Waals surface area contributed by atoms with E-state index in [1.807, 2.05) is 48.5 Å². The molecule has 4 rings (SSSR count). The average Bonchev–Trinajstić information content (AvgIpc) is 3.16. The second kappa shape index (κ2) is 9.58. The molecule has 2 aromatic carbocycles. The Balaban J connectivity index is 1.59. The number of hydrogen-bond acceptors (Lipinski definition) is 5. The Morgan fingerprint density at radius 1 is 1.03 bits per heavy atom. The van der Waals surface area contributed by atoms with E-state index in [4.69, 9.17) is 28.3 Å². The van der Waals surface area contributed by atoms with E-state index in [0.29, 0.717) is 22.4 Å². The van der Waals surface area contributed by atoms with Gasteiger partial charge in [0.15, 0.2) is 0 Å². The first kappa shape index (κ1) is 22.1. The number of carboxylic acid groups (broad SMARTS) is 1. The van der Waals surface area contributed by atoms with Crippen LogP contribution in [0, 0.1) is 0 Å². The number of benzene rings is 2. The van der Waals surface area contributed by atoms with Crippen LogP contribution in [-0.4, -0.2) is 31.7 Å². The number of halogens is 2. The zero-order valence-corrected chi connectivity index (χ0v) is 18.5. The third kappa shape index (κ3) is 5.20. The molecule has 1 aliphatic rings. The fourth-order valence-corrected chi connectivity index (χ4v) is 3.95. The minimum atomic E-state index is -0.934. The quantitative estimate of drug-likeness (QED) is 0.448. The molecule has 0 saturated heterocycles. The molecule has 8 nitrogen and oxygen atoms in total. The van der Waals surface area contributed by atoms with Gasteiger partial charge in [-0.1, -0.05) is 47.5 Å². The van der Waals surface area contributed by atoms with E-state index < -0.39 is 5.97 Å². The number of hydrogen-bond donors (Lipinski definition) is 3. The molecule has 0 saturated carbocycles. The number of carboxylic acids is 1. The average molecular weight is 474 g/mol. The van der Waals surface area contributed by atoms with Gasteiger partial charge in [-0.05, 0) is 48.2 Å². The highest BCUT2D eigenvalue weighted by Crippen LogP contribution is 2.38. The lowest BCUT2D eigenvalue weighted by molar-refractivity contribution is -0.137. The number of aliphatic carboxylic acids is 1. The summed E-state index contributed by atoms with van der Waals surface area (Å²) in [5, 5.41) is 20.6. The number of nitrogens with one attached hydrogen (secondary N) is 2. The molecule has 32 heavy (non-hydrogen) atoms. The first-order valence-corrected chi connectivity index (χ1v) is 10.9. The highest BCUT2D eigenvalue weighted by molar-refractivity contribution is 6.30. The maximum atomic E-state index is 12.2. The van der Waals surface area contributed by atoms with E-state index in [1.165, 1.54) is 0 Å². The molecular weight excluding hydrogens is 453 g/mol. The van der Waals surface area contributed by atoms with Crippen molar-refractivity contribution in [3.05, 3.63) is 69.7 Å². The van der Waals surface area contributed by atoms with Crippen LogP contribution in [-0.2, 0) is 9.59 Å². The Morgan fingerprint density at radius 3 is 2.28 bits per heavy atom. The van der Waals surface area contributed by atoms with Crippen molar-refractivity contribution in [3.8, 4) is 0 Å². The first-order valence-electron chi connectivity index (χ1n) is 10.1. The van der Waals surface area contributed by atoms with Gasteiger partial charge in [0, 0.05) is 22.9 Å². The summed E-state index contributed by atoms with van der Waals surface area (Å²) >= 11 is 12.1. The van der Waals surface area contributed by atoms with Crippen molar-refractivity contribution in [2.45, 2.75) is 37.8 Å². The number of fused-ring (bicyclic) bond motifs is 1. The van der Waals surface area contributed by atoms with Gasteiger partial charge in [-0.15, -0.1) is 5.10 Å². The molecule has 1 amide bonds. The maximum absolute atomic E-state index is 12.2. The second-order valence-corrected chi connectivity index (χ2v) is 8.42. The summed E-state index contributed by atoms with van der Waals surface area (Å²) in [6, 6.07) is 15.0. The molecule has 0 fully saturated rings. The molecule has 0 radical (unpaired) electrons. The fraction of sp³-hybridized carbons (Fsp3) is 0.273. The molecule has 2 atom stereocenters. The Kier molecular flexibility index (Phi) is 6.62. The summed E-state index contributed by atoms with van der Waals surface area (Å²) in [5.41, 5.74) is 2.07. The minimum Gasteiger partial charge on any atom is -0.481 e. The van der Waals surface area contributed by atoms with Crippen molar-refractivity contribution in [1.82, 2.24) is 14.8 Å². The molecule has 2 heterocycles. The summed E-state index contributed by atoms with van der Waals surface area (Å²) < 4.78 is 1.75. The van der Waals surface area contributed by atoms with Crippen LogP contribution in [0.2, 0.25) is 10.0 Å². The number of carbonyl (C=O) groups is 2. The summed E-state index contributed by atoms with van der Waals surface area (Å²) in [6.45, 7) is 0. The van der Waals surface area contributed by atoms with Gasteiger partial charge in [0.25, 0.3) is 5.95 Å². The van der Waals surface area contributed by atoms with Crippen LogP contribution in [0.3, 0.4) is 0 Å². The van der Waals surface area contributed by atoms with E-state index in [0.717, 1.165) is 11.1 Å². The molecule has 3 N–H and O–H groups in total. The van der Waals surface area contributed by atoms with E-state index in [-0.39, 0.29) is 43.2 Å². The molecule has 0 bridgehead atoms. The van der Waals surface area contributed by atoms with Gasteiger partial charge in [-0.2, -0.15) is 4.98 Å². The molecule has 10 heteroatoms. The summed E-state index contributed by atoms with van der Waals surface area (Å²) in [4.78, 5) is 27.3. The molecule has 1 aliphatic heterocycles. The van der Waals surface area contributed by atoms with Gasteiger partial charge in [0.1, 0.15) is 0 Å². The van der Waals surface area contributed by atoms with Crippen molar-refractivity contribution in [3.63, 3.8) is 0 Å². The van der Waals surface area contributed by atoms with E-state index in [9.17, 15) is 9.59 Å². The smallest absolute Gasteiger partial charge is 0.303 e. The minimum absolute atomic E-state index is 0.0382. The zero-order chi connectivity index (χ0) is 22.7. The van der Waals surface area contributed by atoms with Crippen LogP contribution >= 0.6 is 23.2 Å². The van der Waals surface area contributed by atoms with Gasteiger partial charge in [-0.3, -0.25) is 14.9 Å². The zero-order valence-electron chi connectivity index (χ0n) is 17.0. The molecule has 0 aliphatic carbocycles. The van der Waals surface area contributed by atoms with Gasteiger partial charge >= 0.3 is 5.97 Å². The number of aromatic nitrogens is 3. The highest BCUT2D eigenvalue weighted by Gasteiger charge is 2.31. The lowest BCUT2D eigenvalue weighted by Gasteiger charge is -2.31. The van der Waals surface area contributed by atoms with Crippen molar-refractivity contribution >= 4 is 47.0 Å². The predicted octanol–water partition coefficient (Wildman–Crippen LogP) is 4.92. The number of rotatable bonds is 7. The largest absolute Gasteiger partial charge is 0.481 e. The molecule has 0 spiro atoms. The van der Waals surface area contributed by atoms with E-state index in [1.54, 1.807) is 4.68 Å². The molecule has 2 unspecified atom stereocenters. The van der Waals surface area contributed by atoms with Crippen molar-refractivity contribution < 1.29 is 14.7 Å². The predicted molar refractivity (Wildman–Crippen MR) is 122 cm³/mol. The SMILES string of the molecule is O=C(O)CCCC(=O)Nc1nc2n(n1)C(c1ccc(Cl)cc1)CC(c1ccc(Cl)cc1)N2. The van der Waals surface area contributed by atoms with Crippen molar-refractivity contribution in [1.29, 1.82) is 0 Å². The fourth-order valence-electron chi connectivity index (χ4n) is 3.69. The monoisotopic (exact) mass is 473 g/mol. The van der Waals surface area contributed by atoms with Gasteiger partial charge < -0.3 is 10.4 Å². The highest BCUT2D eigenvalue weighted by atomic mass is 35.5. The Morgan fingerprint density at radius 2 is 1.66 bits per heavy atom. The first-order chi connectivity index (χ1) is 15.4. The Bertz CT molecular complexity index is 1120. The van der Waals surface area contributed by atoms with Crippen LogP contribution in [0.25, 0.3) is 0 Å². The molecule has 1 aromatic heterocycles. The van der Waals surface area contributed by atoms with Crippen LogP contribution in [0.15, 0.2) is 48.5 Å². The van der Waals surface area contributed by atoms with Crippen LogP contribution in [0.5, 0.6) is 0 Å². The number of amides is 1. The van der Waals surface area contributed by atoms with Crippen LogP contribution < -0.4 is 10.6 Å². The number of anilines is 2. The molecule has 3 aromatic rings.